The van der Waals surface area contributed by atoms with E-state index in [1.807, 2.05) is 6.07 Å². The Balaban J connectivity index is 2.46. The van der Waals surface area contributed by atoms with Crippen molar-refractivity contribution in [3.05, 3.63) is 45.2 Å². The van der Waals surface area contributed by atoms with Crippen LogP contribution in [0.4, 0.5) is 0 Å². The van der Waals surface area contributed by atoms with E-state index >= 15 is 0 Å². The maximum atomic E-state index is 11.2. The predicted molar refractivity (Wildman–Crippen MR) is 80.4 cm³/mol. The lowest BCUT2D eigenvalue weighted by Crippen LogP contribution is -1.83. The van der Waals surface area contributed by atoms with Gasteiger partial charge in [-0.3, -0.25) is 4.79 Å². The van der Waals surface area contributed by atoms with E-state index in [4.69, 9.17) is 0 Å². The molecule has 0 atom stereocenters. The first-order chi connectivity index (χ1) is 8.49. The molecule has 2 heteroatoms. The lowest BCUT2D eigenvalue weighted by molar-refractivity contribution is 0.102. The molecule has 0 unspecified atom stereocenters. The number of rotatable bonds is 6. The van der Waals surface area contributed by atoms with Gasteiger partial charge in [0.05, 0.1) is 4.88 Å². The zero-order chi connectivity index (χ0) is 13.5. The van der Waals surface area contributed by atoms with E-state index in [-0.39, 0.29) is 5.78 Å². The summed E-state index contributed by atoms with van der Waals surface area (Å²) in [6, 6.07) is 3.98. The third-order valence-electron chi connectivity index (χ3n) is 2.75. The molecule has 0 bridgehead atoms. The van der Waals surface area contributed by atoms with Crippen LogP contribution in [-0.4, -0.2) is 5.78 Å². The van der Waals surface area contributed by atoms with Crippen molar-refractivity contribution in [1.82, 2.24) is 0 Å². The summed E-state index contributed by atoms with van der Waals surface area (Å²) in [7, 11) is 0. The van der Waals surface area contributed by atoms with Crippen LogP contribution in [0.25, 0.3) is 0 Å². The van der Waals surface area contributed by atoms with E-state index < -0.39 is 0 Å². The number of carbonyl (C=O) groups is 1. The van der Waals surface area contributed by atoms with E-state index in [0.29, 0.717) is 0 Å². The summed E-state index contributed by atoms with van der Waals surface area (Å²) >= 11 is 1.61. The average Bonchev–Trinajstić information content (AvgIpc) is 2.74. The van der Waals surface area contributed by atoms with Gasteiger partial charge in [-0.1, -0.05) is 23.3 Å². The molecule has 0 spiro atoms. The van der Waals surface area contributed by atoms with Gasteiger partial charge in [0.2, 0.25) is 0 Å². The van der Waals surface area contributed by atoms with Crippen LogP contribution in [0.15, 0.2) is 35.4 Å². The number of ketones is 1. The fourth-order valence-electron chi connectivity index (χ4n) is 1.64. The molecule has 1 aromatic rings. The van der Waals surface area contributed by atoms with Crippen LogP contribution in [0.3, 0.4) is 0 Å². The van der Waals surface area contributed by atoms with Crippen molar-refractivity contribution in [3.63, 3.8) is 0 Å². The highest BCUT2D eigenvalue weighted by Crippen LogP contribution is 2.19. The van der Waals surface area contributed by atoms with E-state index in [9.17, 15) is 4.79 Å². The highest BCUT2D eigenvalue weighted by atomic mass is 32.1. The van der Waals surface area contributed by atoms with Gasteiger partial charge in [-0.15, -0.1) is 11.3 Å². The van der Waals surface area contributed by atoms with Gasteiger partial charge in [-0.2, -0.15) is 0 Å². The molecule has 98 valence electrons. The molecule has 1 rings (SSSR count). The van der Waals surface area contributed by atoms with Crippen molar-refractivity contribution in [3.8, 4) is 0 Å². The molecule has 1 nitrogen and oxygen atoms in total. The monoisotopic (exact) mass is 262 g/mol. The minimum absolute atomic E-state index is 0.163. The highest BCUT2D eigenvalue weighted by Gasteiger charge is 2.02. The fraction of sp³-hybridized carbons (Fsp3) is 0.438. The second-order valence-corrected chi connectivity index (χ2v) is 6.07. The summed E-state index contributed by atoms with van der Waals surface area (Å²) in [5.41, 5.74) is 2.80. The predicted octanol–water partition coefficient (Wildman–Crippen LogP) is 5.19. The van der Waals surface area contributed by atoms with Gasteiger partial charge in [-0.05, 0) is 52.7 Å². The summed E-state index contributed by atoms with van der Waals surface area (Å²) in [4.78, 5) is 13.3. The molecule has 18 heavy (non-hydrogen) atoms. The van der Waals surface area contributed by atoms with Gasteiger partial charge >= 0.3 is 0 Å². The first kappa shape index (κ1) is 14.9. The summed E-state index contributed by atoms with van der Waals surface area (Å²) in [5.74, 6) is 0.163. The van der Waals surface area contributed by atoms with Crippen LogP contribution in [0.1, 0.15) is 55.1 Å². The first-order valence-electron chi connectivity index (χ1n) is 6.37. The minimum atomic E-state index is 0.163. The average molecular weight is 262 g/mol. The van der Waals surface area contributed by atoms with Gasteiger partial charge in [-0.25, -0.2) is 0 Å². The number of allylic oxidation sites excluding steroid dienone is 4. The molecule has 0 aliphatic heterocycles. The Labute approximate surface area is 114 Å². The molecule has 0 N–H and O–H groups in total. The second-order valence-electron chi connectivity index (χ2n) is 4.90. The molecule has 0 amide bonds. The van der Waals surface area contributed by atoms with Crippen LogP contribution in [-0.2, 0) is 6.42 Å². The van der Waals surface area contributed by atoms with Crippen LogP contribution in [0.5, 0.6) is 0 Å². The molecule has 0 aliphatic rings. The summed E-state index contributed by atoms with van der Waals surface area (Å²) in [6.07, 6.45) is 7.73. The lowest BCUT2D eigenvalue weighted by atomic mass is 10.1. The number of hydrogen-bond donors (Lipinski definition) is 0. The molecule has 0 radical (unpaired) electrons. The van der Waals surface area contributed by atoms with E-state index in [2.05, 4.69) is 39.0 Å². The van der Waals surface area contributed by atoms with Crippen molar-refractivity contribution < 1.29 is 4.79 Å². The molecular formula is C16H22OS. The fourth-order valence-corrected chi connectivity index (χ4v) is 2.51. The van der Waals surface area contributed by atoms with Gasteiger partial charge in [0, 0.05) is 11.3 Å². The van der Waals surface area contributed by atoms with Crippen LogP contribution >= 0.6 is 11.3 Å². The lowest BCUT2D eigenvalue weighted by Gasteiger charge is -1.98. The third kappa shape index (κ3) is 5.46. The van der Waals surface area contributed by atoms with Gasteiger partial charge in [0.15, 0.2) is 5.78 Å². The van der Waals surface area contributed by atoms with E-state index in [1.165, 1.54) is 16.0 Å². The second kappa shape index (κ2) is 7.32. The van der Waals surface area contributed by atoms with Crippen LogP contribution in [0, 0.1) is 0 Å². The summed E-state index contributed by atoms with van der Waals surface area (Å²) in [6.45, 7) is 8.07. The molecule has 0 fully saturated rings. The Hall–Kier alpha value is -1.15. The number of hydrogen-bond acceptors (Lipinski definition) is 2. The Morgan fingerprint density at radius 2 is 1.89 bits per heavy atom. The first-order valence-corrected chi connectivity index (χ1v) is 7.19. The van der Waals surface area contributed by atoms with Crippen LogP contribution < -0.4 is 0 Å². The molecule has 0 saturated heterocycles. The van der Waals surface area contributed by atoms with Crippen molar-refractivity contribution in [1.29, 1.82) is 0 Å². The highest BCUT2D eigenvalue weighted by molar-refractivity contribution is 7.14. The van der Waals surface area contributed by atoms with E-state index in [0.717, 1.165) is 24.1 Å². The maximum Gasteiger partial charge on any atom is 0.169 e. The molecule has 1 aromatic heterocycles. The SMILES string of the molecule is CC(=O)c1ccc(C/C=C(\C)CCC=C(C)C)s1. The standard InChI is InChI=1S/C16H22OS/c1-12(2)6-5-7-13(3)8-9-15-10-11-16(18-15)14(4)17/h6,8,10-11H,5,7,9H2,1-4H3/b13-8+. The van der Waals surface area contributed by atoms with Crippen molar-refractivity contribution in [2.75, 3.05) is 0 Å². The quantitative estimate of drug-likeness (QED) is 0.509. The van der Waals surface area contributed by atoms with Gasteiger partial charge in [0.25, 0.3) is 0 Å². The molecule has 0 aliphatic carbocycles. The largest absolute Gasteiger partial charge is 0.294 e. The minimum Gasteiger partial charge on any atom is -0.294 e. The zero-order valence-electron chi connectivity index (χ0n) is 11.7. The normalized spacial score (nSPS) is 11.4. The van der Waals surface area contributed by atoms with E-state index in [1.54, 1.807) is 18.3 Å². The zero-order valence-corrected chi connectivity index (χ0v) is 12.6. The van der Waals surface area contributed by atoms with Gasteiger partial charge in [0.1, 0.15) is 0 Å². The topological polar surface area (TPSA) is 17.1 Å². The Morgan fingerprint density at radius 3 is 2.44 bits per heavy atom. The number of carbonyl (C=O) groups excluding carboxylic acids is 1. The van der Waals surface area contributed by atoms with Crippen molar-refractivity contribution in [2.24, 2.45) is 0 Å². The Kier molecular flexibility index (Phi) is 6.06. The summed E-state index contributed by atoms with van der Waals surface area (Å²) < 4.78 is 0. The van der Waals surface area contributed by atoms with Gasteiger partial charge < -0.3 is 0 Å². The van der Waals surface area contributed by atoms with Crippen molar-refractivity contribution >= 4 is 17.1 Å². The molecule has 1 heterocycles. The number of thiophene rings is 1. The van der Waals surface area contributed by atoms with Crippen LogP contribution in [0.2, 0.25) is 0 Å². The number of Topliss-reactive ketones (excluding diaryl/α,β-unsaturated/α-hetero) is 1. The Bertz CT molecular complexity index is 459. The smallest absolute Gasteiger partial charge is 0.169 e. The summed E-state index contributed by atoms with van der Waals surface area (Å²) in [5, 5.41) is 0. The molecule has 0 saturated carbocycles. The molecule has 0 aromatic carbocycles. The Morgan fingerprint density at radius 1 is 1.17 bits per heavy atom. The molecular weight excluding hydrogens is 240 g/mol. The third-order valence-corrected chi connectivity index (χ3v) is 3.96. The van der Waals surface area contributed by atoms with Crippen molar-refractivity contribution in [2.45, 2.75) is 47.0 Å². The maximum absolute atomic E-state index is 11.2.